The summed E-state index contributed by atoms with van der Waals surface area (Å²) in [5, 5.41) is 2.28. The van der Waals surface area contributed by atoms with E-state index in [0.717, 1.165) is 27.6 Å². The Labute approximate surface area is 253 Å². The maximum Gasteiger partial charge on any atom is 0.219 e. The van der Waals surface area contributed by atoms with Crippen molar-refractivity contribution in [2.24, 2.45) is 0 Å². The Kier molecular flexibility index (Phi) is 7.64. The molecule has 0 bridgehead atoms. The van der Waals surface area contributed by atoms with Gasteiger partial charge in [-0.2, -0.15) is 0 Å². The molecule has 208 valence electrons. The molecule has 0 atom stereocenters. The molecule has 0 saturated carbocycles. The monoisotopic (exact) mass is 616 g/mol. The smallest absolute Gasteiger partial charge is 0.219 e. The first-order valence-electron chi connectivity index (χ1n) is 13.7. The number of aromatic nitrogens is 2. The van der Waals surface area contributed by atoms with Crippen molar-refractivity contribution < 1.29 is 14.2 Å². The largest absolute Gasteiger partial charge is 0.456 e. The molecule has 6 aromatic rings. The van der Waals surface area contributed by atoms with Gasteiger partial charge in [-0.25, -0.2) is 4.98 Å². The second-order valence-electron chi connectivity index (χ2n) is 10.9. The molecule has 0 spiro atoms. The molecule has 0 amide bonds. The van der Waals surface area contributed by atoms with Crippen LogP contribution in [0.3, 0.4) is 0 Å². The van der Waals surface area contributed by atoms with Crippen molar-refractivity contribution in [1.82, 2.24) is 9.97 Å². The summed E-state index contributed by atoms with van der Waals surface area (Å²) in [6.45, 7) is 6.49. The van der Waals surface area contributed by atoms with Crippen molar-refractivity contribution in [2.45, 2.75) is 26.2 Å². The highest BCUT2D eigenvalue weighted by Crippen LogP contribution is 2.40. The molecular formula is C36H29BrN2O3. The Bertz CT molecular complexity index is 1840. The topological polar surface area (TPSA) is 53.5 Å². The second-order valence-corrected chi connectivity index (χ2v) is 11.7. The molecule has 2 aromatic heterocycles. The minimum atomic E-state index is 0.0167. The summed E-state index contributed by atoms with van der Waals surface area (Å²) in [5.74, 6) is 3.90. The number of benzene rings is 4. The lowest BCUT2D eigenvalue weighted by molar-refractivity contribution is 0.447. The first-order chi connectivity index (χ1) is 20.3. The van der Waals surface area contributed by atoms with E-state index >= 15 is 0 Å². The number of fused-ring (bicyclic) bond motifs is 1. The Morgan fingerprint density at radius 2 is 1.19 bits per heavy atom. The minimum absolute atomic E-state index is 0.0167. The van der Waals surface area contributed by atoms with E-state index in [2.05, 4.69) is 58.8 Å². The molecule has 0 radical (unpaired) electrons. The van der Waals surface area contributed by atoms with Gasteiger partial charge in [0, 0.05) is 29.4 Å². The van der Waals surface area contributed by atoms with Crippen LogP contribution in [0.25, 0.3) is 22.0 Å². The van der Waals surface area contributed by atoms with Crippen LogP contribution in [0.5, 0.6) is 34.6 Å². The average molecular weight is 618 g/mol. The highest BCUT2D eigenvalue weighted by atomic mass is 79.9. The zero-order chi connectivity index (χ0) is 29.1. The molecule has 6 rings (SSSR count). The summed E-state index contributed by atoms with van der Waals surface area (Å²) in [5.41, 5.74) is 3.16. The SMILES string of the molecule is CC(C)(C)c1ccnc(Oc2ccc(Oc3cccc(Oc4ccc(-c5nccc6ccccc56)cc4)c3Br)cc2)c1. The van der Waals surface area contributed by atoms with E-state index in [0.29, 0.717) is 39.1 Å². The fourth-order valence-electron chi connectivity index (χ4n) is 4.56. The van der Waals surface area contributed by atoms with Gasteiger partial charge in [-0.1, -0.05) is 51.1 Å². The Balaban J connectivity index is 1.14. The molecule has 0 aliphatic rings. The first-order valence-corrected chi connectivity index (χ1v) is 14.5. The molecule has 0 aliphatic carbocycles. The third-order valence-corrected chi connectivity index (χ3v) is 7.61. The van der Waals surface area contributed by atoms with E-state index in [9.17, 15) is 0 Å². The number of pyridine rings is 2. The van der Waals surface area contributed by atoms with Gasteiger partial charge in [0.05, 0.1) is 5.69 Å². The van der Waals surface area contributed by atoms with Gasteiger partial charge in [-0.3, -0.25) is 4.98 Å². The van der Waals surface area contributed by atoms with Gasteiger partial charge >= 0.3 is 0 Å². The van der Waals surface area contributed by atoms with E-state index in [1.807, 2.05) is 103 Å². The van der Waals surface area contributed by atoms with Crippen LogP contribution in [0.1, 0.15) is 26.3 Å². The van der Waals surface area contributed by atoms with Crippen LogP contribution in [-0.2, 0) is 5.41 Å². The predicted octanol–water partition coefficient (Wildman–Crippen LogP) is 10.7. The predicted molar refractivity (Wildman–Crippen MR) is 171 cm³/mol. The zero-order valence-electron chi connectivity index (χ0n) is 23.5. The quantitative estimate of drug-likeness (QED) is 0.178. The average Bonchev–Trinajstić information content (AvgIpc) is 3.00. The van der Waals surface area contributed by atoms with Crippen LogP contribution in [0.2, 0.25) is 0 Å². The van der Waals surface area contributed by atoms with E-state index in [4.69, 9.17) is 14.2 Å². The summed E-state index contributed by atoms with van der Waals surface area (Å²) >= 11 is 3.66. The van der Waals surface area contributed by atoms with Crippen molar-refractivity contribution in [1.29, 1.82) is 0 Å². The van der Waals surface area contributed by atoms with Crippen molar-refractivity contribution in [3.05, 3.63) is 132 Å². The van der Waals surface area contributed by atoms with E-state index < -0.39 is 0 Å². The van der Waals surface area contributed by atoms with Crippen LogP contribution in [-0.4, -0.2) is 9.97 Å². The van der Waals surface area contributed by atoms with Gasteiger partial charge in [0.25, 0.3) is 0 Å². The molecule has 42 heavy (non-hydrogen) atoms. The molecule has 0 N–H and O–H groups in total. The Morgan fingerprint density at radius 1 is 0.595 bits per heavy atom. The highest BCUT2D eigenvalue weighted by Gasteiger charge is 2.15. The maximum absolute atomic E-state index is 6.21. The molecular weight excluding hydrogens is 588 g/mol. The number of ether oxygens (including phenoxy) is 3. The highest BCUT2D eigenvalue weighted by molar-refractivity contribution is 9.10. The third kappa shape index (κ3) is 6.14. The molecule has 5 nitrogen and oxygen atoms in total. The fraction of sp³-hybridized carbons (Fsp3) is 0.111. The fourth-order valence-corrected chi connectivity index (χ4v) is 4.99. The number of hydrogen-bond donors (Lipinski definition) is 0. The van der Waals surface area contributed by atoms with Crippen molar-refractivity contribution in [3.63, 3.8) is 0 Å². The summed E-state index contributed by atoms with van der Waals surface area (Å²) in [4.78, 5) is 8.97. The standard InChI is InChI=1S/C36H29BrN2O3/c1-36(2,3)26-20-22-38-33(23-26)42-29-17-15-28(16-18-29)41-32-10-6-9-31(34(32)37)40-27-13-11-25(12-14-27)35-30-8-5-4-7-24(30)19-21-39-35/h4-23H,1-3H3. The van der Waals surface area contributed by atoms with Crippen molar-refractivity contribution in [3.8, 4) is 45.9 Å². The van der Waals surface area contributed by atoms with Crippen LogP contribution >= 0.6 is 15.9 Å². The molecule has 0 unspecified atom stereocenters. The lowest BCUT2D eigenvalue weighted by Gasteiger charge is -2.19. The zero-order valence-corrected chi connectivity index (χ0v) is 25.1. The Hall–Kier alpha value is -4.68. The molecule has 0 fully saturated rings. The van der Waals surface area contributed by atoms with E-state index in [-0.39, 0.29) is 5.41 Å². The van der Waals surface area contributed by atoms with E-state index in [1.165, 1.54) is 0 Å². The molecule has 6 heteroatoms. The summed E-state index contributed by atoms with van der Waals surface area (Å²) in [7, 11) is 0. The minimum Gasteiger partial charge on any atom is -0.456 e. The van der Waals surface area contributed by atoms with E-state index in [1.54, 1.807) is 6.20 Å². The van der Waals surface area contributed by atoms with Crippen LogP contribution in [0.4, 0.5) is 0 Å². The third-order valence-electron chi connectivity index (χ3n) is 6.83. The van der Waals surface area contributed by atoms with Gasteiger partial charge in [-0.15, -0.1) is 0 Å². The van der Waals surface area contributed by atoms with Crippen molar-refractivity contribution in [2.75, 3.05) is 0 Å². The first kappa shape index (κ1) is 27.5. The summed E-state index contributed by atoms with van der Waals surface area (Å²) in [6, 6.07) is 35.3. The molecule has 2 heterocycles. The second kappa shape index (κ2) is 11.7. The molecule has 4 aromatic carbocycles. The normalized spacial score (nSPS) is 11.3. The van der Waals surface area contributed by atoms with Crippen molar-refractivity contribution >= 4 is 26.7 Å². The molecule has 0 aliphatic heterocycles. The van der Waals surface area contributed by atoms with Gasteiger partial charge in [0.15, 0.2) is 0 Å². The van der Waals surface area contributed by atoms with Crippen LogP contribution < -0.4 is 14.2 Å². The lowest BCUT2D eigenvalue weighted by Crippen LogP contribution is -2.11. The summed E-state index contributed by atoms with van der Waals surface area (Å²) in [6.07, 6.45) is 3.62. The number of nitrogens with zero attached hydrogens (tertiary/aromatic N) is 2. The van der Waals surface area contributed by atoms with Crippen LogP contribution in [0, 0.1) is 0 Å². The number of halogens is 1. The number of hydrogen-bond acceptors (Lipinski definition) is 5. The van der Waals surface area contributed by atoms with Gasteiger partial charge in [0.2, 0.25) is 5.88 Å². The molecule has 0 saturated heterocycles. The lowest BCUT2D eigenvalue weighted by atomic mass is 9.88. The van der Waals surface area contributed by atoms with Gasteiger partial charge < -0.3 is 14.2 Å². The van der Waals surface area contributed by atoms with Gasteiger partial charge in [0.1, 0.15) is 33.2 Å². The Morgan fingerprint density at radius 3 is 1.86 bits per heavy atom. The van der Waals surface area contributed by atoms with Crippen LogP contribution in [0.15, 0.2) is 126 Å². The summed E-state index contributed by atoms with van der Waals surface area (Å²) < 4.78 is 19.1. The number of rotatable bonds is 7. The maximum atomic E-state index is 6.21. The van der Waals surface area contributed by atoms with Gasteiger partial charge in [-0.05, 0) is 105 Å².